The number of carbonyl (C=O) groups is 2. The molecule has 39 heavy (non-hydrogen) atoms. The van der Waals surface area contributed by atoms with Crippen LogP contribution in [-0.4, -0.2) is 43.3 Å². The van der Waals surface area contributed by atoms with E-state index in [9.17, 15) is 19.1 Å². The second kappa shape index (κ2) is 8.74. The molecule has 1 heterocycles. The van der Waals surface area contributed by atoms with Gasteiger partial charge in [-0.2, -0.15) is 5.10 Å². The summed E-state index contributed by atoms with van der Waals surface area (Å²) in [6.07, 6.45) is 4.77. The second-order valence-electron chi connectivity index (χ2n) is 12.3. The molecule has 6 rings (SSSR count). The van der Waals surface area contributed by atoms with Gasteiger partial charge in [-0.3, -0.25) is 9.59 Å². The molecule has 0 unspecified atom stereocenters. The third-order valence-electron chi connectivity index (χ3n) is 10.7. The van der Waals surface area contributed by atoms with Gasteiger partial charge in [0, 0.05) is 23.2 Å². The van der Waals surface area contributed by atoms with Crippen LogP contribution in [0, 0.1) is 28.5 Å². The van der Waals surface area contributed by atoms with Crippen LogP contribution in [0.4, 0.5) is 8.78 Å². The van der Waals surface area contributed by atoms with Crippen molar-refractivity contribution in [3.05, 3.63) is 53.1 Å². The lowest BCUT2D eigenvalue weighted by atomic mass is 9.44. The zero-order valence-corrected chi connectivity index (χ0v) is 23.3. The number of thiol groups is 1. The molecular formula is C30H34F2N2O4S. The molecular weight excluding hydrogens is 522 g/mol. The fourth-order valence-corrected chi connectivity index (χ4v) is 9.07. The Kier molecular flexibility index (Phi) is 5.98. The van der Waals surface area contributed by atoms with Gasteiger partial charge in [0.1, 0.15) is 11.5 Å². The smallest absolute Gasteiger partial charge is 0.306 e. The predicted octanol–water partition coefficient (Wildman–Crippen LogP) is 5.40. The van der Waals surface area contributed by atoms with E-state index in [1.165, 1.54) is 12.1 Å². The van der Waals surface area contributed by atoms with Gasteiger partial charge in [-0.05, 0) is 80.3 Å². The average Bonchev–Trinajstić information content (AvgIpc) is 3.42. The first-order chi connectivity index (χ1) is 18.4. The van der Waals surface area contributed by atoms with Crippen molar-refractivity contribution in [1.82, 2.24) is 9.78 Å². The number of aliphatic hydroxyl groups excluding tert-OH is 1. The molecule has 0 saturated heterocycles. The Bertz CT molecular complexity index is 1390. The van der Waals surface area contributed by atoms with E-state index >= 15 is 4.39 Å². The highest BCUT2D eigenvalue weighted by Gasteiger charge is 2.75. The monoisotopic (exact) mass is 556 g/mol. The molecule has 0 amide bonds. The number of rotatable bonds is 4. The first kappa shape index (κ1) is 26.7. The van der Waals surface area contributed by atoms with E-state index in [2.05, 4.69) is 17.7 Å². The second-order valence-corrected chi connectivity index (χ2v) is 12.7. The minimum absolute atomic E-state index is 0.00146. The third kappa shape index (κ3) is 3.38. The minimum Gasteiger partial charge on any atom is -0.449 e. The molecule has 0 radical (unpaired) electrons. The highest BCUT2D eigenvalue weighted by atomic mass is 32.1. The summed E-state index contributed by atoms with van der Waals surface area (Å²) in [5.41, 5.74) is -1.98. The number of aromatic nitrogens is 2. The summed E-state index contributed by atoms with van der Waals surface area (Å²) in [5.74, 6) is -1.60. The zero-order valence-electron chi connectivity index (χ0n) is 22.4. The van der Waals surface area contributed by atoms with E-state index in [-0.39, 0.29) is 31.0 Å². The molecule has 0 aliphatic heterocycles. The summed E-state index contributed by atoms with van der Waals surface area (Å²) in [6, 6.07) is 6.09. The molecule has 0 bridgehead atoms. The number of aliphatic hydroxyl groups is 1. The van der Waals surface area contributed by atoms with Crippen molar-refractivity contribution in [3.63, 3.8) is 0 Å². The predicted molar refractivity (Wildman–Crippen MR) is 144 cm³/mol. The maximum Gasteiger partial charge on any atom is 0.306 e. The van der Waals surface area contributed by atoms with Crippen LogP contribution < -0.4 is 0 Å². The van der Waals surface area contributed by atoms with E-state index in [1.54, 1.807) is 29.9 Å². The van der Waals surface area contributed by atoms with Gasteiger partial charge in [0.15, 0.2) is 5.60 Å². The molecule has 3 saturated carbocycles. The SMILES string of the molecule is CCC(=O)O[C@]1(C(=O)S)CC[C@H]2[C@@H]3CCC4=Cc5c(cnn5-c5ccc(F)cc5)C[C@]4(C)[C@@]3(F)[C@@H](O)C[C@@]21C. The van der Waals surface area contributed by atoms with Gasteiger partial charge in [-0.25, -0.2) is 13.5 Å². The number of ether oxygens (including phenoxy) is 1. The molecule has 9 heteroatoms. The Labute approximate surface area is 232 Å². The highest BCUT2D eigenvalue weighted by molar-refractivity contribution is 7.96. The fourth-order valence-electron chi connectivity index (χ4n) is 8.66. The van der Waals surface area contributed by atoms with Crippen LogP contribution in [0.15, 0.2) is 36.0 Å². The van der Waals surface area contributed by atoms with Gasteiger partial charge >= 0.3 is 5.97 Å². The number of hydrogen-bond donors (Lipinski definition) is 2. The summed E-state index contributed by atoms with van der Waals surface area (Å²) in [6.45, 7) is 5.43. The van der Waals surface area contributed by atoms with Gasteiger partial charge < -0.3 is 9.84 Å². The van der Waals surface area contributed by atoms with Gasteiger partial charge in [0.25, 0.3) is 0 Å². The number of halogens is 2. The molecule has 4 aliphatic rings. The van der Waals surface area contributed by atoms with E-state index in [0.29, 0.717) is 25.7 Å². The summed E-state index contributed by atoms with van der Waals surface area (Å²) in [4.78, 5) is 25.4. The molecule has 2 aromatic rings. The summed E-state index contributed by atoms with van der Waals surface area (Å²) in [5, 5.41) is 15.7. The normalized spacial score (nSPS) is 38.6. The van der Waals surface area contributed by atoms with E-state index in [4.69, 9.17) is 4.74 Å². The first-order valence-electron chi connectivity index (χ1n) is 13.8. The van der Waals surface area contributed by atoms with Crippen LogP contribution >= 0.6 is 12.6 Å². The largest absolute Gasteiger partial charge is 0.449 e. The Morgan fingerprint density at radius 1 is 1.21 bits per heavy atom. The third-order valence-corrected chi connectivity index (χ3v) is 11.1. The lowest BCUT2D eigenvalue weighted by molar-refractivity contribution is -0.228. The fraction of sp³-hybridized carbons (Fsp3) is 0.567. The quantitative estimate of drug-likeness (QED) is 0.389. The standard InChI is InChI=1S/C30H34F2N2O4S/c1-4-25(36)38-29(26(37)39)12-11-21-22-10-5-18-13-23-17(16-33-34(23)20-8-6-19(31)7-9-20)14-27(18,2)30(22,32)24(35)15-28(21,29)3/h6-9,13,16,21-22,24,35H,4-5,10-12,14-15H2,1-3H3,(H,37,39)/t21-,22-,24-,27-,28-,29-,30-/m0/s1. The van der Waals surface area contributed by atoms with Crippen LogP contribution in [0.25, 0.3) is 11.8 Å². The number of hydrogen-bond acceptors (Lipinski definition) is 5. The Morgan fingerprint density at radius 3 is 2.59 bits per heavy atom. The van der Waals surface area contributed by atoms with Crippen LogP contribution in [0.2, 0.25) is 0 Å². The van der Waals surface area contributed by atoms with E-state index in [0.717, 1.165) is 22.5 Å². The summed E-state index contributed by atoms with van der Waals surface area (Å²) < 4.78 is 38.9. The summed E-state index contributed by atoms with van der Waals surface area (Å²) in [7, 11) is 0. The van der Waals surface area contributed by atoms with Crippen LogP contribution in [0.1, 0.15) is 70.6 Å². The zero-order chi connectivity index (χ0) is 28.0. The average molecular weight is 557 g/mol. The number of allylic oxidation sites excluding steroid dienone is 1. The Balaban J connectivity index is 1.40. The van der Waals surface area contributed by atoms with E-state index in [1.807, 2.05) is 19.9 Å². The van der Waals surface area contributed by atoms with Crippen molar-refractivity contribution < 1.29 is 28.2 Å². The van der Waals surface area contributed by atoms with E-state index < -0.39 is 45.2 Å². The molecule has 1 aromatic carbocycles. The molecule has 1 aromatic heterocycles. The van der Waals surface area contributed by atoms with Crippen molar-refractivity contribution in [1.29, 1.82) is 0 Å². The molecule has 6 nitrogen and oxygen atoms in total. The van der Waals surface area contributed by atoms with Crippen molar-refractivity contribution in [2.45, 2.75) is 83.1 Å². The highest BCUT2D eigenvalue weighted by Crippen LogP contribution is 2.71. The molecule has 7 atom stereocenters. The number of fused-ring (bicyclic) bond motifs is 6. The van der Waals surface area contributed by atoms with Gasteiger partial charge in [0.2, 0.25) is 5.12 Å². The number of benzene rings is 1. The van der Waals surface area contributed by atoms with Crippen LogP contribution in [-0.2, 0) is 20.7 Å². The van der Waals surface area contributed by atoms with Crippen LogP contribution in [0.3, 0.4) is 0 Å². The first-order valence-corrected chi connectivity index (χ1v) is 14.2. The Hall–Kier alpha value is -2.52. The van der Waals surface area contributed by atoms with Gasteiger partial charge in [0.05, 0.1) is 23.7 Å². The van der Waals surface area contributed by atoms with Gasteiger partial charge in [-0.1, -0.05) is 26.3 Å². The number of nitrogens with zero attached hydrogens (tertiary/aromatic N) is 2. The maximum absolute atomic E-state index is 17.8. The molecule has 208 valence electrons. The molecule has 4 aliphatic carbocycles. The Morgan fingerprint density at radius 2 is 1.92 bits per heavy atom. The number of carbonyl (C=O) groups excluding carboxylic acids is 2. The van der Waals surface area contributed by atoms with Crippen molar-refractivity contribution in [3.8, 4) is 5.69 Å². The number of alkyl halides is 1. The van der Waals surface area contributed by atoms with Crippen molar-refractivity contribution in [2.75, 3.05) is 0 Å². The van der Waals surface area contributed by atoms with Crippen LogP contribution in [0.5, 0.6) is 0 Å². The molecule has 0 spiro atoms. The molecule has 1 N–H and O–H groups in total. The van der Waals surface area contributed by atoms with Crippen molar-refractivity contribution in [2.24, 2.45) is 22.7 Å². The topological polar surface area (TPSA) is 81.4 Å². The minimum atomic E-state index is -1.94. The summed E-state index contributed by atoms with van der Waals surface area (Å²) >= 11 is 4.16. The molecule has 3 fully saturated rings. The number of esters is 1. The lowest BCUT2D eigenvalue weighted by Gasteiger charge is -2.63. The van der Waals surface area contributed by atoms with Crippen molar-refractivity contribution >= 4 is 29.8 Å². The lowest BCUT2D eigenvalue weighted by Crippen LogP contribution is -2.69. The maximum atomic E-state index is 17.8. The van der Waals surface area contributed by atoms with Gasteiger partial charge in [-0.15, -0.1) is 12.6 Å².